The molecule has 4 rings (SSSR count). The highest BCUT2D eigenvalue weighted by molar-refractivity contribution is 7.98. The number of rotatable bonds is 8. The van der Waals surface area contributed by atoms with E-state index in [4.69, 9.17) is 20.9 Å². The van der Waals surface area contributed by atoms with Crippen molar-refractivity contribution in [1.82, 2.24) is 19.9 Å². The Morgan fingerprint density at radius 1 is 1.07 bits per heavy atom. The van der Waals surface area contributed by atoms with Crippen molar-refractivity contribution in [3.8, 4) is 22.2 Å². The number of fused-ring (bicyclic) bond motifs is 1. The van der Waals surface area contributed by atoms with Crippen LogP contribution in [-0.4, -0.2) is 38.6 Å². The van der Waals surface area contributed by atoms with Gasteiger partial charge in [-0.2, -0.15) is 21.7 Å². The molecule has 0 unspecified atom stereocenters. The molecule has 30 heavy (non-hydrogen) atoms. The third kappa shape index (κ3) is 4.55. The molecule has 1 aromatic carbocycles. The fourth-order valence-electron chi connectivity index (χ4n) is 2.73. The van der Waals surface area contributed by atoms with Gasteiger partial charge in [0.25, 0.3) is 0 Å². The molecule has 0 aliphatic rings. The summed E-state index contributed by atoms with van der Waals surface area (Å²) in [6, 6.07) is 10.3. The van der Waals surface area contributed by atoms with Crippen molar-refractivity contribution in [2.75, 3.05) is 30.1 Å². The molecule has 10 heteroatoms. The van der Waals surface area contributed by atoms with Gasteiger partial charge in [0.2, 0.25) is 5.95 Å². The number of thiophene rings is 1. The predicted molar refractivity (Wildman–Crippen MR) is 122 cm³/mol. The first kappa shape index (κ1) is 20.2. The summed E-state index contributed by atoms with van der Waals surface area (Å²) in [5, 5.41) is 0.957. The average molecular weight is 441 g/mol. The van der Waals surface area contributed by atoms with E-state index in [9.17, 15) is 0 Å². The lowest BCUT2D eigenvalue weighted by atomic mass is 10.1. The molecule has 0 atom stereocenters. The maximum atomic E-state index is 6.03. The molecule has 0 saturated carbocycles. The van der Waals surface area contributed by atoms with Crippen LogP contribution in [-0.2, 0) is 6.61 Å². The molecule has 0 fully saturated rings. The molecule has 3 aromatic heterocycles. The number of hydrogen-bond acceptors (Lipinski definition) is 10. The zero-order chi connectivity index (χ0) is 20.9. The van der Waals surface area contributed by atoms with Gasteiger partial charge in [0.15, 0.2) is 0 Å². The van der Waals surface area contributed by atoms with Crippen LogP contribution in [0, 0.1) is 0 Å². The lowest BCUT2D eigenvalue weighted by Gasteiger charge is -2.11. The molecular formula is C20H20N6O2S2. The van der Waals surface area contributed by atoms with Crippen molar-refractivity contribution in [3.05, 3.63) is 48.3 Å². The van der Waals surface area contributed by atoms with Crippen LogP contribution in [0.2, 0.25) is 0 Å². The standard InChI is InChI=1S/C20H20N6O2S2/c1-29-7-6-27-20-24-9-12-8-16(30-18(12)26-20)14-4-2-3-5-15(14)28-11-13-10-23-19(22)25-17(13)21/h2-5,8-10H,6-7,11H2,1H3,(H4,21,22,23,25). The lowest BCUT2D eigenvalue weighted by molar-refractivity contribution is 0.307. The van der Waals surface area contributed by atoms with Gasteiger partial charge in [0.1, 0.15) is 29.6 Å². The molecule has 0 saturated heterocycles. The van der Waals surface area contributed by atoms with Crippen molar-refractivity contribution < 1.29 is 9.47 Å². The monoisotopic (exact) mass is 440 g/mol. The number of para-hydroxylation sites is 1. The first-order chi connectivity index (χ1) is 14.6. The first-order valence-corrected chi connectivity index (χ1v) is 11.3. The number of nitrogens with two attached hydrogens (primary N) is 2. The Kier molecular flexibility index (Phi) is 6.15. The van der Waals surface area contributed by atoms with Crippen molar-refractivity contribution in [2.45, 2.75) is 6.61 Å². The van der Waals surface area contributed by atoms with Crippen molar-refractivity contribution in [1.29, 1.82) is 0 Å². The molecule has 0 spiro atoms. The Bertz CT molecular complexity index is 1170. The third-order valence-corrected chi connectivity index (χ3v) is 5.88. The molecule has 3 heterocycles. The van der Waals surface area contributed by atoms with Gasteiger partial charge in [-0.05, 0) is 24.5 Å². The molecule has 0 radical (unpaired) electrons. The van der Waals surface area contributed by atoms with E-state index in [-0.39, 0.29) is 12.6 Å². The number of ether oxygens (including phenoxy) is 2. The Labute approximate surface area is 181 Å². The van der Waals surface area contributed by atoms with Gasteiger partial charge < -0.3 is 20.9 Å². The average Bonchev–Trinajstić information content (AvgIpc) is 3.17. The van der Waals surface area contributed by atoms with E-state index in [1.165, 1.54) is 0 Å². The Morgan fingerprint density at radius 2 is 1.93 bits per heavy atom. The largest absolute Gasteiger partial charge is 0.488 e. The molecule has 0 aliphatic heterocycles. The fourth-order valence-corrected chi connectivity index (χ4v) is 4.01. The van der Waals surface area contributed by atoms with E-state index in [1.54, 1.807) is 35.5 Å². The summed E-state index contributed by atoms with van der Waals surface area (Å²) in [4.78, 5) is 18.7. The highest BCUT2D eigenvalue weighted by Gasteiger charge is 2.13. The number of aromatic nitrogens is 4. The summed E-state index contributed by atoms with van der Waals surface area (Å²) in [6.45, 7) is 0.820. The van der Waals surface area contributed by atoms with Crippen LogP contribution in [0.25, 0.3) is 20.7 Å². The summed E-state index contributed by atoms with van der Waals surface area (Å²) in [5.41, 5.74) is 13.1. The van der Waals surface area contributed by atoms with Gasteiger partial charge in [0.05, 0.1) is 5.56 Å². The van der Waals surface area contributed by atoms with Crippen LogP contribution in [0.1, 0.15) is 5.56 Å². The molecule has 0 bridgehead atoms. The number of hydrogen-bond donors (Lipinski definition) is 2. The van der Waals surface area contributed by atoms with Gasteiger partial charge in [-0.15, -0.1) is 11.3 Å². The highest BCUT2D eigenvalue weighted by Crippen LogP contribution is 2.38. The second kappa shape index (κ2) is 9.14. The molecule has 154 valence electrons. The highest BCUT2D eigenvalue weighted by atomic mass is 32.2. The van der Waals surface area contributed by atoms with Crippen molar-refractivity contribution >= 4 is 45.1 Å². The number of nitrogens with zero attached hydrogens (tertiary/aromatic N) is 4. The van der Waals surface area contributed by atoms with Gasteiger partial charge in [-0.1, -0.05) is 12.1 Å². The number of benzene rings is 1. The van der Waals surface area contributed by atoms with Gasteiger partial charge >= 0.3 is 6.01 Å². The van der Waals surface area contributed by atoms with Gasteiger partial charge in [0, 0.05) is 34.0 Å². The summed E-state index contributed by atoms with van der Waals surface area (Å²) in [5.74, 6) is 2.07. The minimum Gasteiger partial charge on any atom is -0.488 e. The Balaban J connectivity index is 1.57. The normalized spacial score (nSPS) is 11.0. The Hall–Kier alpha value is -3.11. The van der Waals surface area contributed by atoms with Crippen molar-refractivity contribution in [2.24, 2.45) is 0 Å². The van der Waals surface area contributed by atoms with Crippen LogP contribution < -0.4 is 20.9 Å². The zero-order valence-electron chi connectivity index (χ0n) is 16.2. The quantitative estimate of drug-likeness (QED) is 0.395. The third-order valence-electron chi connectivity index (χ3n) is 4.22. The predicted octanol–water partition coefficient (Wildman–Crippen LogP) is 3.63. The van der Waals surface area contributed by atoms with Gasteiger partial charge in [-0.3, -0.25) is 0 Å². The topological polar surface area (TPSA) is 122 Å². The van der Waals surface area contributed by atoms with E-state index in [0.29, 0.717) is 24.0 Å². The van der Waals surface area contributed by atoms with Crippen molar-refractivity contribution in [3.63, 3.8) is 0 Å². The van der Waals surface area contributed by atoms with Crippen LogP contribution in [0.5, 0.6) is 11.8 Å². The summed E-state index contributed by atoms with van der Waals surface area (Å²) >= 11 is 3.28. The van der Waals surface area contributed by atoms with E-state index in [0.717, 1.165) is 32.2 Å². The fraction of sp³-hybridized carbons (Fsp3) is 0.200. The molecular weight excluding hydrogens is 420 g/mol. The summed E-state index contributed by atoms with van der Waals surface area (Å²) in [6.07, 6.45) is 5.40. The lowest BCUT2D eigenvalue weighted by Crippen LogP contribution is -2.06. The second-order valence-corrected chi connectivity index (χ2v) is 8.30. The SMILES string of the molecule is CSCCOc1ncc2cc(-c3ccccc3OCc3cnc(N)nc3N)sc2n1. The minimum atomic E-state index is 0.139. The number of anilines is 2. The van der Waals surface area contributed by atoms with E-state index >= 15 is 0 Å². The van der Waals surface area contributed by atoms with E-state index in [1.807, 2.05) is 30.5 Å². The molecule has 0 amide bonds. The zero-order valence-corrected chi connectivity index (χ0v) is 17.9. The molecule has 0 aliphatic carbocycles. The first-order valence-electron chi connectivity index (χ1n) is 9.11. The molecule has 4 N–H and O–H groups in total. The maximum Gasteiger partial charge on any atom is 0.317 e. The Morgan fingerprint density at radius 3 is 2.77 bits per heavy atom. The molecule has 8 nitrogen and oxygen atoms in total. The second-order valence-electron chi connectivity index (χ2n) is 6.29. The van der Waals surface area contributed by atoms with Crippen LogP contribution in [0.15, 0.2) is 42.7 Å². The van der Waals surface area contributed by atoms with Crippen LogP contribution in [0.3, 0.4) is 0 Å². The molecule has 4 aromatic rings. The maximum absolute atomic E-state index is 6.03. The van der Waals surface area contributed by atoms with E-state index in [2.05, 4.69) is 26.0 Å². The number of thioether (sulfide) groups is 1. The summed E-state index contributed by atoms with van der Waals surface area (Å²) < 4.78 is 11.6. The van der Waals surface area contributed by atoms with Gasteiger partial charge in [-0.25, -0.2) is 9.97 Å². The summed E-state index contributed by atoms with van der Waals surface area (Å²) in [7, 11) is 0. The smallest absolute Gasteiger partial charge is 0.317 e. The van der Waals surface area contributed by atoms with E-state index < -0.39 is 0 Å². The minimum absolute atomic E-state index is 0.139. The van der Waals surface area contributed by atoms with Crippen LogP contribution in [0.4, 0.5) is 11.8 Å². The van der Waals surface area contributed by atoms with Crippen LogP contribution >= 0.6 is 23.1 Å². The number of nitrogen functional groups attached to an aromatic ring is 2.